The molecule has 1 aliphatic heterocycles. The molecule has 0 bridgehead atoms. The maximum absolute atomic E-state index is 13.5. The normalized spacial score (nSPS) is 14.8. The van der Waals surface area contributed by atoms with Gasteiger partial charge in [-0.15, -0.1) is 0 Å². The number of nitrogens with one attached hydrogen (secondary N) is 2. The van der Waals surface area contributed by atoms with Crippen LogP contribution in [0.25, 0.3) is 0 Å². The molecule has 6 nitrogen and oxygen atoms in total. The SMILES string of the molecule is COc1ccc(C(NC(=O)C2CCN(C(=O)Nc3ccccc3)CC2)c2ccc(F)cc2)cc1. The lowest BCUT2D eigenvalue weighted by molar-refractivity contribution is -0.126. The maximum Gasteiger partial charge on any atom is 0.321 e. The van der Waals surface area contributed by atoms with E-state index in [0.29, 0.717) is 31.7 Å². The summed E-state index contributed by atoms with van der Waals surface area (Å²) in [5.74, 6) is 0.106. The third-order valence-electron chi connectivity index (χ3n) is 6.12. The van der Waals surface area contributed by atoms with Gasteiger partial charge in [0.15, 0.2) is 0 Å². The highest BCUT2D eigenvalue weighted by Gasteiger charge is 2.29. The predicted molar refractivity (Wildman–Crippen MR) is 129 cm³/mol. The second kappa shape index (κ2) is 10.8. The van der Waals surface area contributed by atoms with Gasteiger partial charge < -0.3 is 20.3 Å². The third kappa shape index (κ3) is 5.73. The number of hydrogen-bond acceptors (Lipinski definition) is 3. The van der Waals surface area contributed by atoms with Gasteiger partial charge in [0.05, 0.1) is 13.2 Å². The van der Waals surface area contributed by atoms with Crippen LogP contribution in [0.15, 0.2) is 78.9 Å². The number of carbonyl (C=O) groups is 2. The summed E-state index contributed by atoms with van der Waals surface area (Å²) in [5, 5.41) is 6.03. The fraction of sp³-hybridized carbons (Fsp3) is 0.259. The molecule has 34 heavy (non-hydrogen) atoms. The van der Waals surface area contributed by atoms with E-state index in [1.165, 1.54) is 12.1 Å². The van der Waals surface area contributed by atoms with Crippen molar-refractivity contribution >= 4 is 17.6 Å². The number of benzene rings is 3. The molecule has 7 heteroatoms. The van der Waals surface area contributed by atoms with E-state index in [-0.39, 0.29) is 23.7 Å². The second-order valence-electron chi connectivity index (χ2n) is 8.32. The number of anilines is 1. The van der Waals surface area contributed by atoms with Gasteiger partial charge in [0.1, 0.15) is 11.6 Å². The van der Waals surface area contributed by atoms with Crippen molar-refractivity contribution in [1.82, 2.24) is 10.2 Å². The van der Waals surface area contributed by atoms with Crippen molar-refractivity contribution in [3.63, 3.8) is 0 Å². The molecule has 3 aromatic carbocycles. The van der Waals surface area contributed by atoms with Gasteiger partial charge in [0.2, 0.25) is 5.91 Å². The number of rotatable bonds is 6. The van der Waals surface area contributed by atoms with E-state index in [1.807, 2.05) is 54.6 Å². The van der Waals surface area contributed by atoms with Gasteiger partial charge in [-0.1, -0.05) is 42.5 Å². The van der Waals surface area contributed by atoms with Crippen LogP contribution in [0.1, 0.15) is 30.0 Å². The Balaban J connectivity index is 1.40. The number of para-hydroxylation sites is 1. The summed E-state index contributed by atoms with van der Waals surface area (Å²) in [5.41, 5.74) is 2.41. The molecule has 3 aromatic rings. The Labute approximate surface area is 198 Å². The zero-order chi connectivity index (χ0) is 23.9. The van der Waals surface area contributed by atoms with Crippen LogP contribution in [-0.4, -0.2) is 37.0 Å². The first kappa shape index (κ1) is 23.3. The quantitative estimate of drug-likeness (QED) is 0.544. The van der Waals surface area contributed by atoms with Crippen molar-refractivity contribution in [2.75, 3.05) is 25.5 Å². The minimum absolute atomic E-state index is 0.0757. The molecule has 4 rings (SSSR count). The van der Waals surface area contributed by atoms with E-state index in [9.17, 15) is 14.0 Å². The summed E-state index contributed by atoms with van der Waals surface area (Å²) in [4.78, 5) is 27.5. The van der Waals surface area contributed by atoms with Crippen LogP contribution in [-0.2, 0) is 4.79 Å². The van der Waals surface area contributed by atoms with E-state index < -0.39 is 6.04 Å². The molecule has 176 valence electrons. The summed E-state index contributed by atoms with van der Waals surface area (Å²) in [6, 6.07) is 22.3. The highest BCUT2D eigenvalue weighted by Crippen LogP contribution is 2.26. The number of carbonyl (C=O) groups excluding carboxylic acids is 2. The Morgan fingerprint density at radius 3 is 2.09 bits per heavy atom. The predicted octanol–water partition coefficient (Wildman–Crippen LogP) is 4.98. The number of methoxy groups -OCH3 is 1. The zero-order valence-electron chi connectivity index (χ0n) is 19.0. The van der Waals surface area contributed by atoms with Crippen LogP contribution in [0.4, 0.5) is 14.9 Å². The number of urea groups is 1. The summed E-state index contributed by atoms with van der Waals surface area (Å²) in [6.07, 6.45) is 1.15. The molecule has 0 radical (unpaired) electrons. The number of hydrogen-bond donors (Lipinski definition) is 2. The van der Waals surface area contributed by atoms with Crippen LogP contribution < -0.4 is 15.4 Å². The third-order valence-corrected chi connectivity index (χ3v) is 6.12. The average Bonchev–Trinajstić information content (AvgIpc) is 2.88. The molecule has 3 amide bonds. The van der Waals surface area contributed by atoms with Gasteiger partial charge in [0, 0.05) is 24.7 Å². The Kier molecular flexibility index (Phi) is 7.42. The van der Waals surface area contributed by atoms with Gasteiger partial charge in [-0.3, -0.25) is 4.79 Å². The van der Waals surface area contributed by atoms with Crippen molar-refractivity contribution in [2.24, 2.45) is 5.92 Å². The Morgan fingerprint density at radius 2 is 1.50 bits per heavy atom. The van der Waals surface area contributed by atoms with Crippen LogP contribution in [0.3, 0.4) is 0 Å². The smallest absolute Gasteiger partial charge is 0.321 e. The van der Waals surface area contributed by atoms with Crippen LogP contribution in [0.5, 0.6) is 5.75 Å². The van der Waals surface area contributed by atoms with Crippen LogP contribution >= 0.6 is 0 Å². The maximum atomic E-state index is 13.5. The highest BCUT2D eigenvalue weighted by molar-refractivity contribution is 5.89. The van der Waals surface area contributed by atoms with Gasteiger partial charge in [-0.05, 0) is 60.4 Å². The first-order valence-electron chi connectivity index (χ1n) is 11.3. The molecule has 0 aromatic heterocycles. The molecular weight excluding hydrogens is 433 g/mol. The highest BCUT2D eigenvalue weighted by atomic mass is 19.1. The van der Waals surface area contributed by atoms with E-state index in [2.05, 4.69) is 10.6 Å². The first-order chi connectivity index (χ1) is 16.5. The van der Waals surface area contributed by atoms with Gasteiger partial charge in [-0.2, -0.15) is 0 Å². The fourth-order valence-electron chi connectivity index (χ4n) is 4.14. The number of piperidine rings is 1. The molecule has 1 fully saturated rings. The van der Waals surface area contributed by atoms with Gasteiger partial charge >= 0.3 is 6.03 Å². The minimum Gasteiger partial charge on any atom is -0.497 e. The first-order valence-corrected chi connectivity index (χ1v) is 11.3. The molecule has 1 heterocycles. The van der Waals surface area contributed by atoms with Crippen molar-refractivity contribution in [1.29, 1.82) is 0 Å². The molecule has 1 atom stereocenters. The molecule has 0 spiro atoms. The average molecular weight is 462 g/mol. The molecule has 0 aliphatic carbocycles. The molecular formula is C27H28FN3O3. The Bertz CT molecular complexity index is 1100. The van der Waals surface area contributed by atoms with Gasteiger partial charge in [0.25, 0.3) is 0 Å². The second-order valence-corrected chi connectivity index (χ2v) is 8.32. The summed E-state index contributed by atoms with van der Waals surface area (Å²) < 4.78 is 18.7. The minimum atomic E-state index is -0.418. The lowest BCUT2D eigenvalue weighted by Crippen LogP contribution is -2.45. The topological polar surface area (TPSA) is 70.7 Å². The van der Waals surface area contributed by atoms with Crippen molar-refractivity contribution < 1.29 is 18.7 Å². The number of likely N-dealkylation sites (tertiary alicyclic amines) is 1. The van der Waals surface area contributed by atoms with Crippen molar-refractivity contribution in [3.05, 3.63) is 95.8 Å². The Hall–Kier alpha value is -3.87. The number of amides is 3. The van der Waals surface area contributed by atoms with E-state index >= 15 is 0 Å². The summed E-state index contributed by atoms with van der Waals surface area (Å²) in [6.45, 7) is 1.00. The van der Waals surface area contributed by atoms with E-state index in [0.717, 1.165) is 16.8 Å². The number of halogens is 1. The molecule has 1 aliphatic rings. The van der Waals surface area contributed by atoms with Crippen LogP contribution in [0, 0.1) is 11.7 Å². The molecule has 1 saturated heterocycles. The van der Waals surface area contributed by atoms with Crippen molar-refractivity contribution in [3.8, 4) is 5.75 Å². The largest absolute Gasteiger partial charge is 0.497 e. The summed E-state index contributed by atoms with van der Waals surface area (Å²) >= 11 is 0. The lowest BCUT2D eigenvalue weighted by atomic mass is 9.93. The van der Waals surface area contributed by atoms with E-state index in [1.54, 1.807) is 24.1 Å². The van der Waals surface area contributed by atoms with E-state index in [4.69, 9.17) is 4.74 Å². The molecule has 0 saturated carbocycles. The monoisotopic (exact) mass is 461 g/mol. The fourth-order valence-corrected chi connectivity index (χ4v) is 4.14. The zero-order valence-corrected chi connectivity index (χ0v) is 19.0. The van der Waals surface area contributed by atoms with Gasteiger partial charge in [-0.25, -0.2) is 9.18 Å². The lowest BCUT2D eigenvalue weighted by Gasteiger charge is -2.32. The molecule has 2 N–H and O–H groups in total. The molecule has 1 unspecified atom stereocenters. The number of ether oxygens (including phenoxy) is 1. The van der Waals surface area contributed by atoms with Crippen molar-refractivity contribution in [2.45, 2.75) is 18.9 Å². The van der Waals surface area contributed by atoms with Crippen LogP contribution in [0.2, 0.25) is 0 Å². The summed E-state index contributed by atoms with van der Waals surface area (Å²) in [7, 11) is 1.60. The standard InChI is InChI=1S/C27H28FN3O3/c1-34-24-13-9-20(10-14-24)25(19-7-11-22(28)12-8-19)30-26(32)21-15-17-31(18-16-21)27(33)29-23-5-3-2-4-6-23/h2-14,21,25H,15-18H2,1H3,(H,29,33)(H,30,32). The number of nitrogens with zero attached hydrogens (tertiary/aromatic N) is 1. The Morgan fingerprint density at radius 1 is 0.912 bits per heavy atom.